The van der Waals surface area contributed by atoms with Crippen LogP contribution >= 0.6 is 0 Å². The number of carbonyl (C=O) groups excluding carboxylic acids is 1. The minimum absolute atomic E-state index is 0.110. The lowest BCUT2D eigenvalue weighted by Crippen LogP contribution is -2.63. The first-order chi connectivity index (χ1) is 11.5. The van der Waals surface area contributed by atoms with Crippen molar-refractivity contribution in [2.75, 3.05) is 20.8 Å². The summed E-state index contributed by atoms with van der Waals surface area (Å²) in [6.07, 6.45) is -6.21. The van der Waals surface area contributed by atoms with Crippen molar-refractivity contribution in [1.29, 1.82) is 0 Å². The SMILES string of the molecule is COC(=O)[C@@H]1O[C@@H]2CO[C@@H](c3ccc(OC)cc3)O[C@@H]2[C@H](O)[C@H]1O. The number of carbonyl (C=O) groups is 1. The molecule has 1 aromatic carbocycles. The summed E-state index contributed by atoms with van der Waals surface area (Å²) in [4.78, 5) is 11.6. The first-order valence-corrected chi connectivity index (χ1v) is 7.55. The van der Waals surface area contributed by atoms with E-state index in [1.165, 1.54) is 7.11 Å². The summed E-state index contributed by atoms with van der Waals surface area (Å²) in [5.74, 6) is -0.0536. The zero-order valence-electron chi connectivity index (χ0n) is 13.3. The topological polar surface area (TPSA) is 104 Å². The van der Waals surface area contributed by atoms with E-state index in [0.717, 1.165) is 5.56 Å². The molecule has 0 saturated carbocycles. The summed E-state index contributed by atoms with van der Waals surface area (Å²) in [7, 11) is 2.76. The molecule has 0 radical (unpaired) electrons. The molecule has 8 nitrogen and oxygen atoms in total. The molecule has 2 aliphatic rings. The van der Waals surface area contributed by atoms with Gasteiger partial charge in [0.2, 0.25) is 0 Å². The van der Waals surface area contributed by atoms with E-state index in [4.69, 9.17) is 18.9 Å². The van der Waals surface area contributed by atoms with E-state index in [1.807, 2.05) is 0 Å². The number of hydrogen-bond donors (Lipinski definition) is 2. The molecule has 0 aliphatic carbocycles. The maximum Gasteiger partial charge on any atom is 0.337 e. The van der Waals surface area contributed by atoms with Gasteiger partial charge in [-0.05, 0) is 12.1 Å². The van der Waals surface area contributed by atoms with Gasteiger partial charge in [-0.2, -0.15) is 0 Å². The fourth-order valence-electron chi connectivity index (χ4n) is 2.85. The number of ether oxygens (including phenoxy) is 5. The molecule has 1 aromatic rings. The average Bonchev–Trinajstić information content (AvgIpc) is 2.63. The molecule has 0 bridgehead atoms. The Balaban J connectivity index is 1.72. The lowest BCUT2D eigenvalue weighted by atomic mass is 9.94. The van der Waals surface area contributed by atoms with Gasteiger partial charge in [0, 0.05) is 5.56 Å². The molecule has 2 saturated heterocycles. The van der Waals surface area contributed by atoms with E-state index in [1.54, 1.807) is 31.4 Å². The largest absolute Gasteiger partial charge is 0.497 e. The zero-order chi connectivity index (χ0) is 17.3. The minimum Gasteiger partial charge on any atom is -0.497 e. The van der Waals surface area contributed by atoms with Crippen molar-refractivity contribution < 1.29 is 38.7 Å². The molecule has 24 heavy (non-hydrogen) atoms. The Morgan fingerprint density at radius 3 is 2.46 bits per heavy atom. The van der Waals surface area contributed by atoms with E-state index in [9.17, 15) is 15.0 Å². The number of aliphatic hydroxyl groups excluding tert-OH is 2. The highest BCUT2D eigenvalue weighted by Gasteiger charge is 2.51. The highest BCUT2D eigenvalue weighted by atomic mass is 16.7. The van der Waals surface area contributed by atoms with Gasteiger partial charge in [-0.15, -0.1) is 0 Å². The highest BCUT2D eigenvalue weighted by molar-refractivity contribution is 5.75. The molecule has 0 aromatic heterocycles. The van der Waals surface area contributed by atoms with Gasteiger partial charge in [-0.3, -0.25) is 0 Å². The van der Waals surface area contributed by atoms with Crippen molar-refractivity contribution >= 4 is 5.97 Å². The Kier molecular flexibility index (Phi) is 5.02. The monoisotopic (exact) mass is 340 g/mol. The molecular weight excluding hydrogens is 320 g/mol. The first kappa shape index (κ1) is 17.1. The Morgan fingerprint density at radius 1 is 1.12 bits per heavy atom. The van der Waals surface area contributed by atoms with Crippen molar-refractivity contribution in [3.8, 4) is 5.75 Å². The molecule has 2 N–H and O–H groups in total. The van der Waals surface area contributed by atoms with Crippen molar-refractivity contribution in [3.05, 3.63) is 29.8 Å². The summed E-state index contributed by atoms with van der Waals surface area (Å²) >= 11 is 0. The predicted molar refractivity (Wildman–Crippen MR) is 79.3 cm³/mol. The summed E-state index contributed by atoms with van der Waals surface area (Å²) in [5, 5.41) is 20.4. The second kappa shape index (κ2) is 7.04. The van der Waals surface area contributed by atoms with Crippen LogP contribution < -0.4 is 4.74 Å². The quantitative estimate of drug-likeness (QED) is 0.728. The summed E-state index contributed by atoms with van der Waals surface area (Å²) in [6, 6.07) is 7.11. The smallest absolute Gasteiger partial charge is 0.337 e. The number of benzene rings is 1. The number of rotatable bonds is 3. The molecule has 0 unspecified atom stereocenters. The van der Waals surface area contributed by atoms with E-state index >= 15 is 0 Å². The van der Waals surface area contributed by atoms with Gasteiger partial charge in [0.1, 0.15) is 30.2 Å². The number of esters is 1. The van der Waals surface area contributed by atoms with Crippen LogP contribution in [0.5, 0.6) is 5.75 Å². The van der Waals surface area contributed by atoms with Crippen LogP contribution in [0.15, 0.2) is 24.3 Å². The van der Waals surface area contributed by atoms with Crippen LogP contribution in [0, 0.1) is 0 Å². The van der Waals surface area contributed by atoms with Crippen molar-refractivity contribution in [2.24, 2.45) is 0 Å². The lowest BCUT2D eigenvalue weighted by molar-refractivity contribution is -0.326. The Labute approximate surface area is 138 Å². The molecule has 2 aliphatic heterocycles. The third-order valence-electron chi connectivity index (χ3n) is 4.20. The zero-order valence-corrected chi connectivity index (χ0v) is 13.3. The van der Waals surface area contributed by atoms with Gasteiger partial charge >= 0.3 is 5.97 Å². The standard InChI is InChI=1S/C16H20O8/c1-20-9-5-3-8(4-6-9)16-22-7-10-13(24-16)11(17)12(18)14(23-10)15(19)21-2/h3-6,10-14,16-18H,7H2,1-2H3/t10-,11-,12-,13+,14-,16-/m1/s1. The van der Waals surface area contributed by atoms with Crippen LogP contribution in [0.4, 0.5) is 0 Å². The molecule has 3 rings (SSSR count). The predicted octanol–water partition coefficient (Wildman–Crippen LogP) is -0.229. The van der Waals surface area contributed by atoms with E-state index in [2.05, 4.69) is 4.74 Å². The van der Waals surface area contributed by atoms with Gasteiger partial charge in [0.15, 0.2) is 12.4 Å². The summed E-state index contributed by atoms with van der Waals surface area (Å²) in [5.41, 5.74) is 0.742. The van der Waals surface area contributed by atoms with Gasteiger partial charge in [0.25, 0.3) is 0 Å². The summed E-state index contributed by atoms with van der Waals surface area (Å²) < 4.78 is 26.5. The van der Waals surface area contributed by atoms with Crippen LogP contribution in [-0.4, -0.2) is 67.5 Å². The maximum absolute atomic E-state index is 11.6. The number of aliphatic hydroxyl groups is 2. The fourth-order valence-corrected chi connectivity index (χ4v) is 2.85. The Morgan fingerprint density at radius 2 is 1.83 bits per heavy atom. The molecule has 6 atom stereocenters. The number of hydrogen-bond acceptors (Lipinski definition) is 8. The third kappa shape index (κ3) is 3.11. The second-order valence-corrected chi connectivity index (χ2v) is 5.64. The maximum atomic E-state index is 11.6. The molecular formula is C16H20O8. The van der Waals surface area contributed by atoms with Crippen LogP contribution in [0.1, 0.15) is 11.9 Å². The van der Waals surface area contributed by atoms with Crippen molar-refractivity contribution in [3.63, 3.8) is 0 Å². The third-order valence-corrected chi connectivity index (χ3v) is 4.20. The highest BCUT2D eigenvalue weighted by Crippen LogP contribution is 2.34. The van der Waals surface area contributed by atoms with E-state index in [-0.39, 0.29) is 6.61 Å². The first-order valence-electron chi connectivity index (χ1n) is 7.55. The van der Waals surface area contributed by atoms with Crippen molar-refractivity contribution in [2.45, 2.75) is 36.8 Å². The average molecular weight is 340 g/mol. The van der Waals surface area contributed by atoms with Gasteiger partial charge < -0.3 is 33.9 Å². The molecule has 132 valence electrons. The molecule has 2 fully saturated rings. The number of methoxy groups -OCH3 is 2. The molecule has 8 heteroatoms. The van der Waals surface area contributed by atoms with E-state index in [0.29, 0.717) is 5.75 Å². The second-order valence-electron chi connectivity index (χ2n) is 5.64. The molecule has 2 heterocycles. The summed E-state index contributed by atoms with van der Waals surface area (Å²) in [6.45, 7) is 0.110. The van der Waals surface area contributed by atoms with Gasteiger partial charge in [-0.25, -0.2) is 4.79 Å². The van der Waals surface area contributed by atoms with E-state index < -0.39 is 42.8 Å². The van der Waals surface area contributed by atoms with Gasteiger partial charge in [-0.1, -0.05) is 12.1 Å². The Bertz CT molecular complexity index is 572. The van der Waals surface area contributed by atoms with Crippen LogP contribution in [0.3, 0.4) is 0 Å². The minimum atomic E-state index is -1.44. The molecule has 0 amide bonds. The normalized spacial score (nSPS) is 35.8. The van der Waals surface area contributed by atoms with Gasteiger partial charge in [0.05, 0.1) is 20.8 Å². The Hall–Kier alpha value is -1.71. The van der Waals surface area contributed by atoms with Crippen LogP contribution in [0.25, 0.3) is 0 Å². The van der Waals surface area contributed by atoms with Crippen LogP contribution in [0.2, 0.25) is 0 Å². The number of fused-ring (bicyclic) bond motifs is 1. The fraction of sp³-hybridized carbons (Fsp3) is 0.562. The van der Waals surface area contributed by atoms with Crippen molar-refractivity contribution in [1.82, 2.24) is 0 Å². The lowest BCUT2D eigenvalue weighted by Gasteiger charge is -2.45. The van der Waals surface area contributed by atoms with Crippen LogP contribution in [-0.2, 0) is 23.7 Å². The molecule has 0 spiro atoms.